The van der Waals surface area contributed by atoms with Gasteiger partial charge in [-0.25, -0.2) is 0 Å². The zero-order valence-corrected chi connectivity index (χ0v) is 23.5. The van der Waals surface area contributed by atoms with E-state index in [1.54, 1.807) is 0 Å². The average Bonchev–Trinajstić information content (AvgIpc) is 3.45. The normalized spacial score (nSPS) is 11.6. The van der Waals surface area contributed by atoms with Crippen molar-refractivity contribution in [1.82, 2.24) is 0 Å². The third-order valence-corrected chi connectivity index (χ3v) is 8.60. The summed E-state index contributed by atoms with van der Waals surface area (Å²) in [6.07, 6.45) is 0. The predicted molar refractivity (Wildman–Crippen MR) is 185 cm³/mol. The van der Waals surface area contributed by atoms with Crippen LogP contribution in [0.2, 0.25) is 0 Å². The lowest BCUT2D eigenvalue weighted by Gasteiger charge is -2.23. The summed E-state index contributed by atoms with van der Waals surface area (Å²) in [4.78, 5) is 0. The molecule has 0 aliphatic heterocycles. The van der Waals surface area contributed by atoms with Crippen LogP contribution in [0.15, 0.2) is 120 Å². The number of para-hydroxylation sites is 1. The second-order valence-corrected chi connectivity index (χ2v) is 11.0. The van der Waals surface area contributed by atoms with Gasteiger partial charge >= 0.3 is 0 Å². The highest BCUT2D eigenvalue weighted by Gasteiger charge is 2.24. The molecule has 2 N–H and O–H groups in total. The van der Waals surface area contributed by atoms with Gasteiger partial charge in [-0.05, 0) is 89.5 Å². The molecule has 8 aromatic rings. The van der Waals surface area contributed by atoms with Crippen LogP contribution in [0.1, 0.15) is 0 Å². The van der Waals surface area contributed by atoms with Crippen LogP contribution in [0.3, 0.4) is 0 Å². The van der Waals surface area contributed by atoms with Crippen LogP contribution in [0.5, 0.6) is 11.5 Å². The number of phenolic OH excluding ortho intramolecular Hbond substituents is 2. The Morgan fingerprint density at radius 2 is 0.932 bits per heavy atom. The molecule has 44 heavy (non-hydrogen) atoms. The minimum absolute atomic E-state index is 0.00940. The lowest BCUT2D eigenvalue weighted by molar-refractivity contribution is 0.464. The fourth-order valence-electron chi connectivity index (χ4n) is 6.59. The number of benzene rings is 7. The van der Waals surface area contributed by atoms with E-state index in [1.807, 2.05) is 72.8 Å². The van der Waals surface area contributed by atoms with Crippen LogP contribution < -0.4 is 16.4 Å². The van der Waals surface area contributed by atoms with Gasteiger partial charge in [0, 0.05) is 10.8 Å². The molecule has 6 heteroatoms. The molecule has 1 aromatic heterocycles. The number of phenols is 2. The summed E-state index contributed by atoms with van der Waals surface area (Å²) in [5, 5.41) is 27.2. The van der Waals surface area contributed by atoms with Gasteiger partial charge in [-0.2, -0.15) is 0 Å². The first kappa shape index (κ1) is 26.3. The molecule has 0 aliphatic carbocycles. The molecule has 0 unspecified atom stereocenters. The van der Waals surface area contributed by atoms with Crippen LogP contribution in [0, 0.1) is 0 Å². The summed E-state index contributed by atoms with van der Waals surface area (Å²) in [6.45, 7) is 0. The molecular weight excluding hydrogens is 537 g/mol. The Kier molecular flexibility index (Phi) is 5.89. The Labute approximate surface area is 257 Å². The highest BCUT2D eigenvalue weighted by atomic mass is 16.3. The zero-order valence-electron chi connectivity index (χ0n) is 23.5. The van der Waals surface area contributed by atoms with E-state index in [0.29, 0.717) is 11.1 Å². The van der Waals surface area contributed by atoms with E-state index in [0.717, 1.165) is 65.7 Å². The van der Waals surface area contributed by atoms with Crippen molar-refractivity contribution in [2.24, 2.45) is 0 Å². The van der Waals surface area contributed by atoms with Gasteiger partial charge in [-0.15, -0.1) is 0 Å². The smallest absolute Gasteiger partial charge is 0.136 e. The van der Waals surface area contributed by atoms with Gasteiger partial charge < -0.3 is 14.6 Å². The van der Waals surface area contributed by atoms with Crippen LogP contribution in [0.25, 0.3) is 76.9 Å². The number of aromatic hydroxyl groups is 2. The zero-order chi connectivity index (χ0) is 30.1. The third kappa shape index (κ3) is 3.74. The predicted octanol–water partition coefficient (Wildman–Crippen LogP) is 6.69. The molecule has 8 rings (SSSR count). The summed E-state index contributed by atoms with van der Waals surface area (Å²) in [5.41, 5.74) is 6.57. The molecule has 0 spiro atoms. The van der Waals surface area contributed by atoms with E-state index >= 15 is 0 Å². The first-order chi connectivity index (χ1) is 21.4. The number of hydrogen-bond acceptors (Lipinski definition) is 3. The fraction of sp³-hybridized carbons (Fsp3) is 0. The lowest BCUT2D eigenvalue weighted by Crippen LogP contribution is -2.28. The quantitative estimate of drug-likeness (QED) is 0.188. The molecule has 0 amide bonds. The number of rotatable bonds is 3. The Bertz CT molecular complexity index is 2360. The summed E-state index contributed by atoms with van der Waals surface area (Å²) in [7, 11) is 18.9. The van der Waals surface area contributed by atoms with E-state index in [4.69, 9.17) is 28.0 Å². The van der Waals surface area contributed by atoms with Crippen LogP contribution in [-0.4, -0.2) is 33.8 Å². The summed E-state index contributed by atoms with van der Waals surface area (Å²) in [6, 6.07) is 38.8. The molecule has 200 valence electrons. The Morgan fingerprint density at radius 3 is 1.52 bits per heavy atom. The highest BCUT2D eigenvalue weighted by molar-refractivity contribution is 6.53. The first-order valence-corrected chi connectivity index (χ1v) is 14.3. The van der Waals surface area contributed by atoms with Crippen molar-refractivity contribution in [3.05, 3.63) is 115 Å². The molecule has 0 saturated carbocycles. The van der Waals surface area contributed by atoms with Crippen molar-refractivity contribution < 1.29 is 14.6 Å². The maximum Gasteiger partial charge on any atom is 0.136 e. The number of furan rings is 1. The van der Waals surface area contributed by atoms with Gasteiger partial charge in [0.15, 0.2) is 0 Å². The highest BCUT2D eigenvalue weighted by Crippen LogP contribution is 2.48. The molecule has 0 aliphatic rings. The van der Waals surface area contributed by atoms with Crippen molar-refractivity contribution in [1.29, 1.82) is 0 Å². The molecule has 0 atom stereocenters. The van der Waals surface area contributed by atoms with Gasteiger partial charge in [0.1, 0.15) is 46.2 Å². The van der Waals surface area contributed by atoms with Gasteiger partial charge in [0.05, 0.1) is 0 Å². The molecule has 0 fully saturated rings. The van der Waals surface area contributed by atoms with Crippen LogP contribution in [0.4, 0.5) is 0 Å². The van der Waals surface area contributed by atoms with Crippen LogP contribution >= 0.6 is 0 Å². The molecule has 3 nitrogen and oxygen atoms in total. The van der Waals surface area contributed by atoms with E-state index < -0.39 is 11.5 Å². The van der Waals surface area contributed by atoms with Crippen molar-refractivity contribution >= 4 is 83.4 Å². The maximum absolute atomic E-state index is 10.8. The number of hydrogen-bond donors (Lipinski definition) is 2. The fourth-order valence-corrected chi connectivity index (χ4v) is 6.59. The molecular formula is C38H21B3O3. The molecule has 0 bridgehead atoms. The standard InChI is InChI=1S/C38H21B3O3/c39-34-33(35(40)38(43)36(41)37(34)42)32-24-14-6-4-12-22(24)30(23-13-5-7-15-25(23)32)27-18-21(20-10-2-1-3-11-20)19-29-31(27)26-16-8-9-17-28(26)44-29/h1-19,42-43H. The first-order valence-electron chi connectivity index (χ1n) is 14.3. The summed E-state index contributed by atoms with van der Waals surface area (Å²) >= 11 is 0. The van der Waals surface area contributed by atoms with Crippen molar-refractivity contribution in [2.75, 3.05) is 0 Å². The molecule has 0 saturated heterocycles. The monoisotopic (exact) mass is 558 g/mol. The minimum Gasteiger partial charge on any atom is -0.509 e. The van der Waals surface area contributed by atoms with Gasteiger partial charge in [0.25, 0.3) is 0 Å². The summed E-state index contributed by atoms with van der Waals surface area (Å²) < 4.78 is 6.46. The topological polar surface area (TPSA) is 53.6 Å². The largest absolute Gasteiger partial charge is 0.509 e. The van der Waals surface area contributed by atoms with Crippen molar-refractivity contribution in [3.63, 3.8) is 0 Å². The summed E-state index contributed by atoms with van der Waals surface area (Å²) in [5.74, 6) is -0.794. The lowest BCUT2D eigenvalue weighted by atomic mass is 9.70. The van der Waals surface area contributed by atoms with Gasteiger partial charge in [-0.3, -0.25) is 0 Å². The second kappa shape index (κ2) is 9.85. The third-order valence-electron chi connectivity index (χ3n) is 8.60. The molecule has 1 heterocycles. The van der Waals surface area contributed by atoms with E-state index in [9.17, 15) is 10.2 Å². The van der Waals surface area contributed by atoms with E-state index in [-0.39, 0.29) is 16.4 Å². The van der Waals surface area contributed by atoms with E-state index in [2.05, 4.69) is 42.5 Å². The number of fused-ring (bicyclic) bond motifs is 5. The maximum atomic E-state index is 10.8. The SMILES string of the molecule is [B]c1c(O)c([B])c(-c2c3ccccc3c(-c3cc(-c4ccccc4)cc4oc5ccccc5c34)c3ccccc23)c([B])c1O. The molecule has 7 aromatic carbocycles. The van der Waals surface area contributed by atoms with Crippen LogP contribution in [-0.2, 0) is 0 Å². The van der Waals surface area contributed by atoms with Gasteiger partial charge in [0.2, 0.25) is 0 Å². The van der Waals surface area contributed by atoms with Crippen molar-refractivity contribution in [3.8, 4) is 44.9 Å². The van der Waals surface area contributed by atoms with E-state index in [1.165, 1.54) is 0 Å². The molecule has 6 radical (unpaired) electrons. The van der Waals surface area contributed by atoms with Gasteiger partial charge in [-0.1, -0.05) is 97.1 Å². The average molecular weight is 558 g/mol. The van der Waals surface area contributed by atoms with Crippen molar-refractivity contribution in [2.45, 2.75) is 0 Å². The second-order valence-electron chi connectivity index (χ2n) is 11.0. The Hall–Kier alpha value is -5.35. The minimum atomic E-state index is -0.397. The Balaban J connectivity index is 1.59. The Morgan fingerprint density at radius 1 is 0.432 bits per heavy atom.